The second-order valence-corrected chi connectivity index (χ2v) is 7.42. The minimum atomic E-state index is -1.21. The molecule has 1 aliphatic carbocycles. The summed E-state index contributed by atoms with van der Waals surface area (Å²) in [5.74, 6) is -0.477. The number of hydrogen-bond donors (Lipinski definition) is 2. The van der Waals surface area contributed by atoms with Crippen LogP contribution in [0.2, 0.25) is 5.15 Å². The van der Waals surface area contributed by atoms with E-state index in [1.54, 1.807) is 6.08 Å². The fraction of sp³-hybridized carbons (Fsp3) is 0.438. The van der Waals surface area contributed by atoms with Crippen molar-refractivity contribution in [3.63, 3.8) is 0 Å². The van der Waals surface area contributed by atoms with Gasteiger partial charge in [0.25, 0.3) is 0 Å². The predicted octanol–water partition coefficient (Wildman–Crippen LogP) is 3.39. The zero-order chi connectivity index (χ0) is 17.5. The van der Waals surface area contributed by atoms with Crippen molar-refractivity contribution in [2.24, 2.45) is 5.41 Å². The number of rotatable bonds is 3. The minimum absolute atomic E-state index is 0.123. The Balaban J connectivity index is 2.04. The first kappa shape index (κ1) is 17.4. The highest BCUT2D eigenvalue weighted by Gasteiger charge is 2.51. The normalized spacial score (nSPS) is 24.7. The van der Waals surface area contributed by atoms with Crippen LogP contribution < -0.4 is 0 Å². The van der Waals surface area contributed by atoms with E-state index in [4.69, 9.17) is 11.6 Å². The summed E-state index contributed by atoms with van der Waals surface area (Å²) in [7, 11) is 0. The topological polar surface area (TPSA) is 63.8 Å². The molecule has 1 aliphatic rings. The molecule has 1 saturated carbocycles. The van der Waals surface area contributed by atoms with Gasteiger partial charge < -0.3 is 5.11 Å². The van der Waals surface area contributed by atoms with Gasteiger partial charge in [0.05, 0.1) is 6.54 Å². The van der Waals surface area contributed by atoms with Crippen molar-refractivity contribution in [2.45, 2.75) is 44.0 Å². The van der Waals surface area contributed by atoms with Crippen molar-refractivity contribution in [3.05, 3.63) is 40.7 Å². The van der Waals surface area contributed by atoms with E-state index in [0.717, 1.165) is 6.42 Å². The van der Waals surface area contributed by atoms with E-state index in [-0.39, 0.29) is 17.4 Å². The molecule has 3 rings (SSSR count). The van der Waals surface area contributed by atoms with Crippen LogP contribution in [0.5, 0.6) is 0 Å². The van der Waals surface area contributed by atoms with E-state index in [1.807, 2.05) is 13.8 Å². The Morgan fingerprint density at radius 1 is 1.46 bits per heavy atom. The van der Waals surface area contributed by atoms with E-state index in [9.17, 15) is 9.50 Å². The number of pyridine rings is 1. The molecule has 2 aromatic heterocycles. The van der Waals surface area contributed by atoms with Crippen LogP contribution in [0, 0.1) is 11.2 Å². The lowest BCUT2D eigenvalue weighted by Crippen LogP contribution is -2.45. The number of nitrogens with zero attached hydrogens (tertiary/aromatic N) is 4. The minimum Gasteiger partial charge on any atom is -0.383 e. The predicted molar refractivity (Wildman–Crippen MR) is 92.4 cm³/mol. The first-order chi connectivity index (χ1) is 11.2. The third-order valence-electron chi connectivity index (χ3n) is 4.79. The lowest BCUT2D eigenvalue weighted by atomic mass is 9.76. The Kier molecular flexibility index (Phi) is 4.44. The third-order valence-corrected chi connectivity index (χ3v) is 5.35. The molecule has 0 saturated heterocycles. The zero-order valence-electron chi connectivity index (χ0n) is 13.4. The molecule has 1 unspecified atom stereocenters. The van der Waals surface area contributed by atoms with Crippen molar-refractivity contribution in [1.29, 1.82) is 0 Å². The van der Waals surface area contributed by atoms with Gasteiger partial charge >= 0.3 is 0 Å². The summed E-state index contributed by atoms with van der Waals surface area (Å²) in [6.07, 6.45) is 4.36. The van der Waals surface area contributed by atoms with E-state index in [1.165, 1.54) is 23.1 Å². The van der Waals surface area contributed by atoms with Gasteiger partial charge in [-0.2, -0.15) is 5.10 Å². The zero-order valence-corrected chi connectivity index (χ0v) is 15.0. The van der Waals surface area contributed by atoms with E-state index >= 15 is 0 Å². The lowest BCUT2D eigenvalue weighted by molar-refractivity contribution is -0.0317. The molecule has 24 heavy (non-hydrogen) atoms. The van der Waals surface area contributed by atoms with E-state index < -0.39 is 16.8 Å². The van der Waals surface area contributed by atoms with Crippen LogP contribution >= 0.6 is 24.2 Å². The Bertz CT molecular complexity index is 807. The summed E-state index contributed by atoms with van der Waals surface area (Å²) in [5.41, 5.74) is -0.808. The molecule has 0 radical (unpaired) electrons. The fourth-order valence-electron chi connectivity index (χ4n) is 3.09. The highest BCUT2D eigenvalue weighted by molar-refractivity contribution is 7.80. The second-order valence-electron chi connectivity index (χ2n) is 6.63. The molecule has 2 aromatic rings. The molecule has 1 N–H and O–H groups in total. The Hall–Kier alpha value is -1.44. The van der Waals surface area contributed by atoms with Gasteiger partial charge in [-0.1, -0.05) is 25.4 Å². The van der Waals surface area contributed by atoms with E-state index in [0.29, 0.717) is 17.2 Å². The van der Waals surface area contributed by atoms with Gasteiger partial charge in [0, 0.05) is 0 Å². The molecule has 5 nitrogen and oxygen atoms in total. The molecule has 0 bridgehead atoms. The summed E-state index contributed by atoms with van der Waals surface area (Å²) < 4.78 is 15.6. The van der Waals surface area contributed by atoms with Crippen LogP contribution in [0.15, 0.2) is 29.2 Å². The first-order valence-corrected chi connectivity index (χ1v) is 8.38. The number of halogens is 2. The summed E-state index contributed by atoms with van der Waals surface area (Å²) in [5, 5.41) is 16.1. The van der Waals surface area contributed by atoms with Crippen LogP contribution in [0.1, 0.15) is 32.4 Å². The van der Waals surface area contributed by atoms with Crippen molar-refractivity contribution >= 4 is 30.3 Å². The number of aliphatic hydroxyl groups is 1. The Labute approximate surface area is 150 Å². The molecule has 128 valence electrons. The van der Waals surface area contributed by atoms with Crippen LogP contribution in [-0.4, -0.2) is 30.5 Å². The molecule has 0 aliphatic heterocycles. The molecule has 0 aromatic carbocycles. The molecular formula is C16H18ClFN4OS. The Morgan fingerprint density at radius 2 is 2.21 bits per heavy atom. The van der Waals surface area contributed by atoms with Gasteiger partial charge in [0.1, 0.15) is 28.6 Å². The van der Waals surface area contributed by atoms with Crippen LogP contribution in [0.3, 0.4) is 0 Å². The van der Waals surface area contributed by atoms with Gasteiger partial charge in [-0.25, -0.2) is 19.0 Å². The van der Waals surface area contributed by atoms with Crippen molar-refractivity contribution in [3.8, 4) is 0 Å². The van der Waals surface area contributed by atoms with Crippen molar-refractivity contribution < 1.29 is 9.50 Å². The van der Waals surface area contributed by atoms with Crippen molar-refractivity contribution in [1.82, 2.24) is 19.7 Å². The highest BCUT2D eigenvalue weighted by Crippen LogP contribution is 2.51. The second kappa shape index (κ2) is 6.13. The van der Waals surface area contributed by atoms with Gasteiger partial charge in [0.2, 0.25) is 0 Å². The average molecular weight is 369 g/mol. The quantitative estimate of drug-likeness (QED) is 0.644. The van der Waals surface area contributed by atoms with Crippen LogP contribution in [-0.2, 0) is 6.54 Å². The lowest BCUT2D eigenvalue weighted by Gasteiger charge is -2.37. The maximum atomic E-state index is 14.0. The SMILES string of the molecule is CC1(C)CC/C(=C\c2nc(Cl)ccc2F)C1(O)Cn1ncnc1S. The average Bonchev–Trinajstić information content (AvgIpc) is 3.00. The molecule has 0 spiro atoms. The molecule has 8 heteroatoms. The maximum absolute atomic E-state index is 14.0. The molecule has 1 atom stereocenters. The Morgan fingerprint density at radius 3 is 2.88 bits per heavy atom. The monoisotopic (exact) mass is 368 g/mol. The molecule has 0 amide bonds. The first-order valence-electron chi connectivity index (χ1n) is 7.55. The molecular weight excluding hydrogens is 351 g/mol. The third kappa shape index (κ3) is 2.96. The van der Waals surface area contributed by atoms with Gasteiger partial charge in [0.15, 0.2) is 5.16 Å². The standard InChI is InChI=1S/C16H18ClFN4OS/c1-15(2)6-5-10(7-12-11(18)3-4-13(17)21-12)16(15,23)8-22-14(24)19-9-20-22/h3-4,7,9,23H,5-6,8H2,1-2H3,(H,19,20,24)/b10-7+. The number of aromatic nitrogens is 4. The number of thiol groups is 1. The fourth-order valence-corrected chi connectivity index (χ4v) is 3.42. The molecule has 1 fully saturated rings. The summed E-state index contributed by atoms with van der Waals surface area (Å²) in [6.45, 7) is 4.14. The largest absolute Gasteiger partial charge is 0.383 e. The smallest absolute Gasteiger partial charge is 0.183 e. The summed E-state index contributed by atoms with van der Waals surface area (Å²) in [6, 6.07) is 2.66. The van der Waals surface area contributed by atoms with Crippen molar-refractivity contribution in [2.75, 3.05) is 0 Å². The highest BCUT2D eigenvalue weighted by atomic mass is 35.5. The number of hydrogen-bond acceptors (Lipinski definition) is 5. The van der Waals surface area contributed by atoms with Crippen LogP contribution in [0.25, 0.3) is 6.08 Å². The van der Waals surface area contributed by atoms with E-state index in [2.05, 4.69) is 27.7 Å². The van der Waals surface area contributed by atoms with Gasteiger partial charge in [-0.3, -0.25) is 0 Å². The summed E-state index contributed by atoms with van der Waals surface area (Å²) >= 11 is 10.1. The summed E-state index contributed by atoms with van der Waals surface area (Å²) in [4.78, 5) is 7.99. The van der Waals surface area contributed by atoms with Gasteiger partial charge in [-0.15, -0.1) is 12.6 Å². The van der Waals surface area contributed by atoms with Crippen LogP contribution in [0.4, 0.5) is 4.39 Å². The van der Waals surface area contributed by atoms with Gasteiger partial charge in [-0.05, 0) is 42.0 Å². The maximum Gasteiger partial charge on any atom is 0.183 e. The molecule has 2 heterocycles.